The third kappa shape index (κ3) is 4.59. The van der Waals surface area contributed by atoms with Gasteiger partial charge in [0.25, 0.3) is 5.91 Å². The summed E-state index contributed by atoms with van der Waals surface area (Å²) in [6.07, 6.45) is 0. The van der Waals surface area contributed by atoms with Crippen molar-refractivity contribution in [3.63, 3.8) is 0 Å². The van der Waals surface area contributed by atoms with Crippen LogP contribution < -0.4 is 5.32 Å². The first-order valence-electron chi connectivity index (χ1n) is 7.77. The molecule has 1 heterocycles. The molecule has 2 aromatic carbocycles. The summed E-state index contributed by atoms with van der Waals surface area (Å²) in [5.74, 6) is -1.19. The van der Waals surface area contributed by atoms with E-state index in [-0.39, 0.29) is 10.6 Å². The smallest absolute Gasteiger partial charge is 0.258 e. The molecule has 0 aliphatic heterocycles. The Morgan fingerprint density at radius 1 is 1.04 bits per heavy atom. The number of nitrogens with one attached hydrogen (secondary N) is 1. The van der Waals surface area contributed by atoms with Crippen LogP contribution in [-0.4, -0.2) is 15.9 Å². The van der Waals surface area contributed by atoms with E-state index in [0.29, 0.717) is 10.8 Å². The first-order chi connectivity index (χ1) is 12.4. The van der Waals surface area contributed by atoms with Crippen molar-refractivity contribution in [2.24, 2.45) is 0 Å². The lowest BCUT2D eigenvalue weighted by Crippen LogP contribution is -2.13. The maximum atomic E-state index is 13.8. The van der Waals surface area contributed by atoms with E-state index < -0.39 is 11.7 Å². The minimum Gasteiger partial charge on any atom is -0.322 e. The van der Waals surface area contributed by atoms with Crippen molar-refractivity contribution in [3.8, 4) is 0 Å². The monoisotopic (exact) mass is 387 g/mol. The second-order valence-electron chi connectivity index (χ2n) is 5.64. The van der Waals surface area contributed by atoms with E-state index in [4.69, 9.17) is 11.6 Å². The second kappa shape index (κ2) is 7.85. The van der Waals surface area contributed by atoms with Crippen LogP contribution in [0.15, 0.2) is 58.6 Å². The Hall–Kier alpha value is -2.44. The number of carbonyl (C=O) groups excluding carboxylic acids is 1. The van der Waals surface area contributed by atoms with Gasteiger partial charge in [-0.3, -0.25) is 4.79 Å². The minimum absolute atomic E-state index is 0.0588. The molecular formula is C19H15ClFN3OS. The molecule has 4 nitrogen and oxygen atoms in total. The van der Waals surface area contributed by atoms with Crippen LogP contribution in [0.25, 0.3) is 0 Å². The van der Waals surface area contributed by atoms with Crippen LogP contribution in [0.1, 0.15) is 21.7 Å². The highest BCUT2D eigenvalue weighted by Crippen LogP contribution is 2.26. The van der Waals surface area contributed by atoms with Crippen LogP contribution in [0.2, 0.25) is 5.02 Å². The zero-order valence-electron chi connectivity index (χ0n) is 14.1. The van der Waals surface area contributed by atoms with Gasteiger partial charge < -0.3 is 5.32 Å². The highest BCUT2D eigenvalue weighted by atomic mass is 35.5. The molecule has 1 aromatic heterocycles. The third-order valence-corrected chi connectivity index (χ3v) is 4.57. The van der Waals surface area contributed by atoms with Crippen molar-refractivity contribution < 1.29 is 9.18 Å². The maximum absolute atomic E-state index is 13.8. The van der Waals surface area contributed by atoms with E-state index in [1.165, 1.54) is 23.9 Å². The van der Waals surface area contributed by atoms with Crippen LogP contribution in [0.3, 0.4) is 0 Å². The molecule has 0 bridgehead atoms. The number of hydrogen-bond donors (Lipinski definition) is 1. The fourth-order valence-electron chi connectivity index (χ4n) is 2.32. The Bertz CT molecular complexity index is 943. The van der Waals surface area contributed by atoms with E-state index in [1.807, 2.05) is 32.0 Å². The predicted molar refractivity (Wildman–Crippen MR) is 101 cm³/mol. The quantitative estimate of drug-likeness (QED) is 0.618. The molecule has 0 atom stereocenters. The van der Waals surface area contributed by atoms with E-state index in [2.05, 4.69) is 15.3 Å². The Kier molecular flexibility index (Phi) is 5.54. The largest absolute Gasteiger partial charge is 0.322 e. The van der Waals surface area contributed by atoms with E-state index in [0.717, 1.165) is 22.3 Å². The maximum Gasteiger partial charge on any atom is 0.258 e. The predicted octanol–water partition coefficient (Wildman–Crippen LogP) is 5.29. The molecule has 132 valence electrons. The summed E-state index contributed by atoms with van der Waals surface area (Å²) in [5.41, 5.74) is 2.33. The molecule has 0 aliphatic carbocycles. The molecule has 7 heteroatoms. The molecule has 26 heavy (non-hydrogen) atoms. The second-order valence-corrected chi connectivity index (χ2v) is 7.12. The zero-order chi connectivity index (χ0) is 18.7. The Balaban J connectivity index is 1.70. The van der Waals surface area contributed by atoms with Gasteiger partial charge in [0.05, 0.1) is 5.56 Å². The van der Waals surface area contributed by atoms with Gasteiger partial charge in [0.1, 0.15) is 5.82 Å². The number of hydrogen-bond acceptors (Lipinski definition) is 4. The first-order valence-corrected chi connectivity index (χ1v) is 8.97. The summed E-state index contributed by atoms with van der Waals surface area (Å²) in [6.45, 7) is 3.85. The normalized spacial score (nSPS) is 10.6. The lowest BCUT2D eigenvalue weighted by Gasteiger charge is -2.08. The molecule has 3 rings (SSSR count). The number of aryl methyl sites for hydroxylation is 2. The number of anilines is 1. The van der Waals surface area contributed by atoms with Gasteiger partial charge in [-0.25, -0.2) is 14.4 Å². The Labute approximate surface area is 159 Å². The van der Waals surface area contributed by atoms with Crippen molar-refractivity contribution in [2.75, 3.05) is 5.32 Å². The third-order valence-electron chi connectivity index (χ3n) is 3.46. The van der Waals surface area contributed by atoms with Gasteiger partial charge in [-0.1, -0.05) is 11.6 Å². The molecule has 0 spiro atoms. The fourth-order valence-corrected chi connectivity index (χ4v) is 3.34. The summed E-state index contributed by atoms with van der Waals surface area (Å²) in [6, 6.07) is 13.0. The molecule has 0 unspecified atom stereocenters. The molecule has 0 radical (unpaired) electrons. The van der Waals surface area contributed by atoms with Gasteiger partial charge in [0.2, 0.25) is 0 Å². The van der Waals surface area contributed by atoms with Gasteiger partial charge in [-0.15, -0.1) is 0 Å². The Morgan fingerprint density at radius 2 is 1.69 bits per heavy atom. The van der Waals surface area contributed by atoms with Crippen LogP contribution in [0.4, 0.5) is 10.1 Å². The molecule has 1 amide bonds. The van der Waals surface area contributed by atoms with Crippen LogP contribution >= 0.6 is 23.4 Å². The lowest BCUT2D eigenvalue weighted by molar-refractivity contribution is 0.102. The standard InChI is InChI=1S/C19H15ClFN3OS/c1-11-9-12(2)23-19(22-11)26-15-6-4-14(5-7-15)24-18(25)16-8-3-13(20)10-17(16)21/h3-10H,1-2H3,(H,24,25). The van der Waals surface area contributed by atoms with Crippen molar-refractivity contribution in [1.82, 2.24) is 9.97 Å². The van der Waals surface area contributed by atoms with Crippen LogP contribution in [0, 0.1) is 19.7 Å². The van der Waals surface area contributed by atoms with E-state index in [1.54, 1.807) is 12.1 Å². The summed E-state index contributed by atoms with van der Waals surface area (Å²) in [7, 11) is 0. The molecule has 0 saturated carbocycles. The number of halogens is 2. The number of carbonyl (C=O) groups is 1. The van der Waals surface area contributed by atoms with Gasteiger partial charge in [-0.05, 0) is 74.1 Å². The molecule has 3 aromatic rings. The highest BCUT2D eigenvalue weighted by molar-refractivity contribution is 7.99. The number of benzene rings is 2. The molecule has 0 saturated heterocycles. The number of rotatable bonds is 4. The topological polar surface area (TPSA) is 54.9 Å². The summed E-state index contributed by atoms with van der Waals surface area (Å²) >= 11 is 7.14. The van der Waals surface area contributed by atoms with E-state index in [9.17, 15) is 9.18 Å². The van der Waals surface area contributed by atoms with Crippen molar-refractivity contribution in [1.29, 1.82) is 0 Å². The summed E-state index contributed by atoms with van der Waals surface area (Å²) in [4.78, 5) is 21.9. The van der Waals surface area contributed by atoms with Crippen molar-refractivity contribution >= 4 is 35.0 Å². The highest BCUT2D eigenvalue weighted by Gasteiger charge is 2.12. The zero-order valence-corrected chi connectivity index (χ0v) is 15.7. The lowest BCUT2D eigenvalue weighted by atomic mass is 10.2. The number of nitrogens with zero attached hydrogens (tertiary/aromatic N) is 2. The molecule has 1 N–H and O–H groups in total. The van der Waals surface area contributed by atoms with Crippen molar-refractivity contribution in [3.05, 3.63) is 76.3 Å². The van der Waals surface area contributed by atoms with Crippen LogP contribution in [-0.2, 0) is 0 Å². The first kappa shape index (κ1) is 18.4. The molecule has 0 fully saturated rings. The number of aromatic nitrogens is 2. The van der Waals surface area contributed by atoms with Gasteiger partial charge >= 0.3 is 0 Å². The minimum atomic E-state index is -0.658. The van der Waals surface area contributed by atoms with Gasteiger partial charge in [0.15, 0.2) is 5.16 Å². The Morgan fingerprint density at radius 3 is 2.31 bits per heavy atom. The summed E-state index contributed by atoms with van der Waals surface area (Å²) in [5, 5.41) is 3.58. The molecule has 0 aliphatic rings. The average molecular weight is 388 g/mol. The summed E-state index contributed by atoms with van der Waals surface area (Å²) < 4.78 is 13.8. The average Bonchev–Trinajstić information content (AvgIpc) is 2.55. The van der Waals surface area contributed by atoms with E-state index >= 15 is 0 Å². The van der Waals surface area contributed by atoms with Crippen LogP contribution in [0.5, 0.6) is 0 Å². The molecular weight excluding hydrogens is 373 g/mol. The fraction of sp³-hybridized carbons (Fsp3) is 0.105. The number of amides is 1. The van der Waals surface area contributed by atoms with Crippen molar-refractivity contribution in [2.45, 2.75) is 23.9 Å². The SMILES string of the molecule is Cc1cc(C)nc(Sc2ccc(NC(=O)c3ccc(Cl)cc3F)cc2)n1. The van der Waals surface area contributed by atoms with Gasteiger partial charge in [-0.2, -0.15) is 0 Å². The van der Waals surface area contributed by atoms with Gasteiger partial charge in [0, 0.05) is 27.0 Å².